The fourth-order valence-electron chi connectivity index (χ4n) is 3.66. The van der Waals surface area contributed by atoms with Crippen LogP contribution in [0.2, 0.25) is 0 Å². The molecule has 2 heterocycles. The zero-order chi connectivity index (χ0) is 14.7. The predicted molar refractivity (Wildman–Crippen MR) is 77.3 cm³/mol. The highest BCUT2D eigenvalue weighted by Gasteiger charge is 2.36. The number of rotatable bonds is 3. The molecule has 1 aliphatic heterocycles. The molecule has 6 heteroatoms. The number of nitrogens with one attached hydrogen (secondary N) is 1. The van der Waals surface area contributed by atoms with Crippen molar-refractivity contribution in [2.75, 3.05) is 6.54 Å². The maximum absolute atomic E-state index is 12.7. The van der Waals surface area contributed by atoms with Gasteiger partial charge in [-0.1, -0.05) is 19.3 Å². The van der Waals surface area contributed by atoms with E-state index >= 15 is 0 Å². The third-order valence-electron chi connectivity index (χ3n) is 4.84. The first-order chi connectivity index (χ1) is 10.2. The molecule has 2 aliphatic rings. The summed E-state index contributed by atoms with van der Waals surface area (Å²) in [5.74, 6) is 0.819. The second-order valence-corrected chi connectivity index (χ2v) is 6.43. The van der Waals surface area contributed by atoms with Crippen LogP contribution < -0.4 is 0 Å². The van der Waals surface area contributed by atoms with Crippen molar-refractivity contribution in [1.82, 2.24) is 20.1 Å². The zero-order valence-corrected chi connectivity index (χ0v) is 12.4. The van der Waals surface area contributed by atoms with Crippen molar-refractivity contribution in [3.63, 3.8) is 0 Å². The molecular weight excluding hydrogens is 268 g/mol. The van der Waals surface area contributed by atoms with Gasteiger partial charge >= 0.3 is 0 Å². The number of hydrogen-bond donors (Lipinski definition) is 2. The van der Waals surface area contributed by atoms with Crippen molar-refractivity contribution in [3.05, 3.63) is 12.2 Å². The lowest BCUT2D eigenvalue weighted by molar-refractivity contribution is -0.141. The third kappa shape index (κ3) is 3.26. The van der Waals surface area contributed by atoms with Crippen LogP contribution in [-0.2, 0) is 4.79 Å². The summed E-state index contributed by atoms with van der Waals surface area (Å²) in [6.07, 6.45) is 9.48. The van der Waals surface area contributed by atoms with Gasteiger partial charge in [0.15, 0.2) is 0 Å². The molecule has 3 rings (SSSR count). The number of aliphatic hydroxyl groups is 1. The molecule has 1 aromatic rings. The summed E-state index contributed by atoms with van der Waals surface area (Å²) in [6.45, 7) is 0.750. The Hall–Kier alpha value is -1.43. The molecule has 2 fully saturated rings. The molecule has 0 aromatic carbocycles. The van der Waals surface area contributed by atoms with Crippen molar-refractivity contribution in [2.45, 2.75) is 69.4 Å². The Balaban J connectivity index is 1.69. The summed E-state index contributed by atoms with van der Waals surface area (Å²) >= 11 is 0. The molecule has 2 N–H and O–H groups in total. The molecule has 0 bridgehead atoms. The van der Waals surface area contributed by atoms with Crippen LogP contribution in [0, 0.1) is 0 Å². The van der Waals surface area contributed by atoms with E-state index in [1.165, 1.54) is 12.7 Å². The Bertz CT molecular complexity index is 468. The van der Waals surface area contributed by atoms with Crippen molar-refractivity contribution in [3.8, 4) is 0 Å². The topological polar surface area (TPSA) is 82.1 Å². The standard InChI is InChI=1S/C15H24N4O2/c20-13(10-15(21)7-3-1-4-8-15)19-9-5-2-6-12(19)14-16-11-17-18-14/h11-12,21H,1-10H2,(H,16,17,18). The van der Waals surface area contributed by atoms with Gasteiger partial charge in [-0.05, 0) is 32.1 Å². The van der Waals surface area contributed by atoms with E-state index in [2.05, 4.69) is 15.2 Å². The Morgan fingerprint density at radius 2 is 2.14 bits per heavy atom. The van der Waals surface area contributed by atoms with Gasteiger partial charge in [0, 0.05) is 6.54 Å². The smallest absolute Gasteiger partial charge is 0.226 e. The summed E-state index contributed by atoms with van der Waals surface area (Å²) < 4.78 is 0. The van der Waals surface area contributed by atoms with E-state index in [0.717, 1.165) is 57.3 Å². The number of aromatic nitrogens is 3. The SMILES string of the molecule is O=C(CC1(O)CCCCC1)N1CCCCC1c1ncn[nH]1. The van der Waals surface area contributed by atoms with Gasteiger partial charge in [0.2, 0.25) is 5.91 Å². The summed E-state index contributed by atoms with van der Waals surface area (Å²) in [5.41, 5.74) is -0.793. The second kappa shape index (κ2) is 6.13. The quantitative estimate of drug-likeness (QED) is 0.892. The minimum absolute atomic E-state index is 0.0130. The first kappa shape index (κ1) is 14.5. The number of nitrogens with zero attached hydrogens (tertiary/aromatic N) is 3. The average Bonchev–Trinajstić information content (AvgIpc) is 3.01. The highest BCUT2D eigenvalue weighted by atomic mass is 16.3. The zero-order valence-electron chi connectivity index (χ0n) is 12.4. The highest BCUT2D eigenvalue weighted by molar-refractivity contribution is 5.77. The van der Waals surface area contributed by atoms with Crippen molar-refractivity contribution in [2.24, 2.45) is 0 Å². The van der Waals surface area contributed by atoms with Crippen LogP contribution in [0.3, 0.4) is 0 Å². The number of amides is 1. The lowest BCUT2D eigenvalue weighted by Gasteiger charge is -2.38. The van der Waals surface area contributed by atoms with E-state index in [0.29, 0.717) is 0 Å². The maximum Gasteiger partial charge on any atom is 0.226 e. The van der Waals surface area contributed by atoms with Gasteiger partial charge in [-0.15, -0.1) is 0 Å². The molecule has 1 amide bonds. The van der Waals surface area contributed by atoms with Gasteiger partial charge in [-0.25, -0.2) is 4.98 Å². The average molecular weight is 292 g/mol. The lowest BCUT2D eigenvalue weighted by atomic mass is 9.82. The molecule has 0 spiro atoms. The summed E-state index contributed by atoms with van der Waals surface area (Å²) in [6, 6.07) is -0.0130. The fourth-order valence-corrected chi connectivity index (χ4v) is 3.66. The van der Waals surface area contributed by atoms with Crippen LogP contribution in [0.1, 0.15) is 69.7 Å². The Kier molecular flexibility index (Phi) is 4.24. The number of carbonyl (C=O) groups excluding carboxylic acids is 1. The Labute approximate surface area is 124 Å². The summed E-state index contributed by atoms with van der Waals surface area (Å²) in [7, 11) is 0. The van der Waals surface area contributed by atoms with Gasteiger partial charge in [-0.3, -0.25) is 9.89 Å². The van der Waals surface area contributed by atoms with Crippen molar-refractivity contribution in [1.29, 1.82) is 0 Å². The van der Waals surface area contributed by atoms with Crippen LogP contribution in [0.15, 0.2) is 6.33 Å². The molecule has 6 nitrogen and oxygen atoms in total. The van der Waals surface area contributed by atoms with Crippen LogP contribution in [-0.4, -0.2) is 43.2 Å². The van der Waals surface area contributed by atoms with Gasteiger partial charge in [0.05, 0.1) is 18.1 Å². The van der Waals surface area contributed by atoms with Crippen molar-refractivity contribution >= 4 is 5.91 Å². The molecule has 116 valence electrons. The number of hydrogen-bond acceptors (Lipinski definition) is 4. The molecule has 1 saturated carbocycles. The predicted octanol–water partition coefficient (Wildman–Crippen LogP) is 1.94. The number of H-pyrrole nitrogens is 1. The largest absolute Gasteiger partial charge is 0.389 e. The lowest BCUT2D eigenvalue weighted by Crippen LogP contribution is -2.44. The number of carbonyl (C=O) groups is 1. The third-order valence-corrected chi connectivity index (χ3v) is 4.84. The molecule has 0 radical (unpaired) electrons. The minimum Gasteiger partial charge on any atom is -0.389 e. The summed E-state index contributed by atoms with van der Waals surface area (Å²) in [5, 5.41) is 17.4. The molecule has 21 heavy (non-hydrogen) atoms. The van der Waals surface area contributed by atoms with Crippen LogP contribution in [0.5, 0.6) is 0 Å². The minimum atomic E-state index is -0.793. The van der Waals surface area contributed by atoms with Gasteiger partial charge in [-0.2, -0.15) is 5.10 Å². The normalized spacial score (nSPS) is 25.8. The van der Waals surface area contributed by atoms with E-state index in [9.17, 15) is 9.90 Å². The Morgan fingerprint density at radius 1 is 1.33 bits per heavy atom. The molecule has 1 aliphatic carbocycles. The number of likely N-dealkylation sites (tertiary alicyclic amines) is 1. The number of aromatic amines is 1. The maximum atomic E-state index is 12.7. The molecule has 1 saturated heterocycles. The molecule has 1 aromatic heterocycles. The summed E-state index contributed by atoms with van der Waals surface area (Å²) in [4.78, 5) is 18.8. The van der Waals surface area contributed by atoms with E-state index in [-0.39, 0.29) is 18.4 Å². The van der Waals surface area contributed by atoms with E-state index < -0.39 is 5.60 Å². The first-order valence-corrected chi connectivity index (χ1v) is 8.05. The van der Waals surface area contributed by atoms with Crippen molar-refractivity contribution < 1.29 is 9.90 Å². The molecular formula is C15H24N4O2. The highest BCUT2D eigenvalue weighted by Crippen LogP contribution is 2.34. The molecule has 1 unspecified atom stereocenters. The first-order valence-electron chi connectivity index (χ1n) is 8.05. The van der Waals surface area contributed by atoms with E-state index in [1.54, 1.807) is 0 Å². The fraction of sp³-hybridized carbons (Fsp3) is 0.800. The van der Waals surface area contributed by atoms with Crippen LogP contribution >= 0.6 is 0 Å². The van der Waals surface area contributed by atoms with E-state index in [1.807, 2.05) is 4.90 Å². The monoisotopic (exact) mass is 292 g/mol. The molecule has 1 atom stereocenters. The Morgan fingerprint density at radius 3 is 2.86 bits per heavy atom. The van der Waals surface area contributed by atoms with Crippen LogP contribution in [0.4, 0.5) is 0 Å². The number of piperidine rings is 1. The van der Waals surface area contributed by atoms with Gasteiger partial charge in [0.25, 0.3) is 0 Å². The van der Waals surface area contributed by atoms with E-state index in [4.69, 9.17) is 0 Å². The second-order valence-electron chi connectivity index (χ2n) is 6.43. The van der Waals surface area contributed by atoms with Gasteiger partial charge < -0.3 is 10.0 Å². The van der Waals surface area contributed by atoms with Gasteiger partial charge in [0.1, 0.15) is 12.2 Å². The van der Waals surface area contributed by atoms with Crippen LogP contribution in [0.25, 0.3) is 0 Å².